The van der Waals surface area contributed by atoms with E-state index in [1.54, 1.807) is 28.4 Å². The standard InChI is InChI=1S/C48H40N4O4/c1-29-9-7-11-39-41(29)42-30(2)10-8-12-40(42)48(51-45(33-17-25-37(55-5)26-18-33)46(52-48)34-19-27-38(56-6)28-20-34)47(39)49-43(31-13-21-35(53-3)22-14-31)44(50-47)32-15-23-36(54-4)24-16-32/h7-28H,1-6H3. The maximum absolute atomic E-state index is 5.85. The number of benzene rings is 6. The zero-order valence-corrected chi connectivity index (χ0v) is 32.1. The highest BCUT2D eigenvalue weighted by Gasteiger charge is 2.64. The van der Waals surface area contributed by atoms with Gasteiger partial charge in [0.15, 0.2) is 0 Å². The third-order valence-electron chi connectivity index (χ3n) is 11.0. The van der Waals surface area contributed by atoms with Gasteiger partial charge in [-0.25, -0.2) is 20.0 Å². The second kappa shape index (κ2) is 13.5. The van der Waals surface area contributed by atoms with Crippen molar-refractivity contribution in [1.82, 2.24) is 0 Å². The normalized spacial score (nSPS) is 15.7. The molecule has 3 aliphatic rings. The molecule has 6 aromatic rings. The van der Waals surface area contributed by atoms with E-state index in [1.165, 1.54) is 0 Å². The number of hydrogen-bond donors (Lipinski definition) is 0. The zero-order chi connectivity index (χ0) is 38.6. The average Bonchev–Trinajstić information content (AvgIpc) is 3.86. The van der Waals surface area contributed by atoms with E-state index in [0.29, 0.717) is 0 Å². The minimum Gasteiger partial charge on any atom is -0.497 e. The van der Waals surface area contributed by atoms with Crippen LogP contribution in [0, 0.1) is 13.8 Å². The second-order valence-electron chi connectivity index (χ2n) is 14.1. The van der Waals surface area contributed by atoms with Crippen molar-refractivity contribution in [3.05, 3.63) is 178 Å². The van der Waals surface area contributed by atoms with Crippen LogP contribution in [0.15, 0.2) is 153 Å². The molecule has 0 fully saturated rings. The minimum absolute atomic E-state index is 0.732. The van der Waals surface area contributed by atoms with E-state index in [2.05, 4.69) is 50.2 Å². The Morgan fingerprint density at radius 2 is 0.589 bits per heavy atom. The highest BCUT2D eigenvalue weighted by atomic mass is 16.5. The summed E-state index contributed by atoms with van der Waals surface area (Å²) in [7, 11) is 6.68. The van der Waals surface area contributed by atoms with Crippen LogP contribution in [-0.4, -0.2) is 51.3 Å². The van der Waals surface area contributed by atoms with Gasteiger partial charge in [-0.2, -0.15) is 0 Å². The first-order chi connectivity index (χ1) is 27.3. The lowest BCUT2D eigenvalue weighted by Crippen LogP contribution is -2.46. The molecule has 56 heavy (non-hydrogen) atoms. The molecule has 0 amide bonds. The van der Waals surface area contributed by atoms with Gasteiger partial charge in [-0.3, -0.25) is 0 Å². The molecule has 0 atom stereocenters. The first kappa shape index (κ1) is 34.9. The molecule has 0 radical (unpaired) electrons. The summed E-state index contributed by atoms with van der Waals surface area (Å²) in [6.45, 7) is 4.31. The van der Waals surface area contributed by atoms with E-state index in [9.17, 15) is 0 Å². The molecule has 0 N–H and O–H groups in total. The Hall–Kier alpha value is -6.80. The molecule has 8 heteroatoms. The monoisotopic (exact) mass is 736 g/mol. The number of nitrogens with zero attached hydrogens (tertiary/aromatic N) is 4. The highest BCUT2D eigenvalue weighted by Crippen LogP contribution is 2.62. The topological polar surface area (TPSA) is 86.4 Å². The Morgan fingerprint density at radius 3 is 0.821 bits per heavy atom. The number of aliphatic imine (C=N–C) groups is 4. The Morgan fingerprint density at radius 1 is 0.339 bits per heavy atom. The molecular weight excluding hydrogens is 697 g/mol. The van der Waals surface area contributed by atoms with E-state index in [-0.39, 0.29) is 0 Å². The van der Waals surface area contributed by atoms with E-state index in [0.717, 1.165) is 101 Å². The molecule has 0 saturated heterocycles. The summed E-state index contributed by atoms with van der Waals surface area (Å²) < 4.78 is 22.3. The van der Waals surface area contributed by atoms with Crippen LogP contribution >= 0.6 is 0 Å². The number of methoxy groups -OCH3 is 4. The molecule has 0 unspecified atom stereocenters. The molecule has 0 aromatic heterocycles. The average molecular weight is 737 g/mol. The van der Waals surface area contributed by atoms with Crippen molar-refractivity contribution in [2.24, 2.45) is 20.0 Å². The Labute approximate surface area is 326 Å². The van der Waals surface area contributed by atoms with Gasteiger partial charge >= 0.3 is 0 Å². The van der Waals surface area contributed by atoms with Crippen molar-refractivity contribution in [2.45, 2.75) is 25.2 Å². The molecule has 2 heterocycles. The predicted octanol–water partition coefficient (Wildman–Crippen LogP) is 9.31. The van der Waals surface area contributed by atoms with Crippen LogP contribution in [0.5, 0.6) is 23.0 Å². The first-order valence-electron chi connectivity index (χ1n) is 18.5. The van der Waals surface area contributed by atoms with Crippen molar-refractivity contribution in [3.63, 3.8) is 0 Å². The van der Waals surface area contributed by atoms with E-state index < -0.39 is 11.3 Å². The van der Waals surface area contributed by atoms with Crippen LogP contribution < -0.4 is 18.9 Å². The fourth-order valence-corrected chi connectivity index (χ4v) is 8.22. The van der Waals surface area contributed by atoms with Crippen molar-refractivity contribution in [2.75, 3.05) is 28.4 Å². The first-order valence-corrected chi connectivity index (χ1v) is 18.5. The number of rotatable bonds is 8. The lowest BCUT2D eigenvalue weighted by molar-refractivity contribution is 0.253. The maximum Gasteiger partial charge on any atom is 0.227 e. The number of hydrogen-bond acceptors (Lipinski definition) is 8. The van der Waals surface area contributed by atoms with Gasteiger partial charge in [-0.05, 0) is 133 Å². The summed E-state index contributed by atoms with van der Waals surface area (Å²) in [6, 6.07) is 44.7. The van der Waals surface area contributed by atoms with Gasteiger partial charge in [0.25, 0.3) is 0 Å². The van der Waals surface area contributed by atoms with Crippen LogP contribution in [-0.2, 0) is 11.3 Å². The largest absolute Gasteiger partial charge is 0.497 e. The Bertz CT molecular complexity index is 2310. The molecule has 6 aromatic carbocycles. The van der Waals surface area contributed by atoms with E-state index in [4.69, 9.17) is 38.9 Å². The van der Waals surface area contributed by atoms with Crippen LogP contribution in [0.4, 0.5) is 0 Å². The highest BCUT2D eigenvalue weighted by molar-refractivity contribution is 6.56. The lowest BCUT2D eigenvalue weighted by Gasteiger charge is -2.44. The van der Waals surface area contributed by atoms with Gasteiger partial charge in [0.05, 0.1) is 51.3 Å². The van der Waals surface area contributed by atoms with Crippen molar-refractivity contribution in [1.29, 1.82) is 0 Å². The predicted molar refractivity (Wildman–Crippen MR) is 223 cm³/mol. The maximum atomic E-state index is 5.85. The molecule has 2 aliphatic heterocycles. The van der Waals surface area contributed by atoms with Crippen molar-refractivity contribution < 1.29 is 18.9 Å². The van der Waals surface area contributed by atoms with Crippen LogP contribution in [0.3, 0.4) is 0 Å². The Balaban J connectivity index is 1.42. The number of fused-ring (bicyclic) bond motifs is 6. The summed E-state index contributed by atoms with van der Waals surface area (Å²) in [6.07, 6.45) is 0. The molecule has 2 spiro atoms. The van der Waals surface area contributed by atoms with Crippen LogP contribution in [0.1, 0.15) is 44.5 Å². The fraction of sp³-hybridized carbons (Fsp3) is 0.167. The lowest BCUT2D eigenvalue weighted by atomic mass is 9.69. The summed E-state index contributed by atoms with van der Waals surface area (Å²) >= 11 is 0. The third kappa shape index (κ3) is 5.27. The summed E-state index contributed by atoms with van der Waals surface area (Å²) in [4.78, 5) is 23.4. The van der Waals surface area contributed by atoms with Gasteiger partial charge in [-0.1, -0.05) is 36.4 Å². The molecule has 1 aliphatic carbocycles. The van der Waals surface area contributed by atoms with Gasteiger partial charge < -0.3 is 18.9 Å². The van der Waals surface area contributed by atoms with Gasteiger partial charge in [0.1, 0.15) is 23.0 Å². The van der Waals surface area contributed by atoms with Crippen molar-refractivity contribution >= 4 is 22.8 Å². The second-order valence-corrected chi connectivity index (χ2v) is 14.1. The molecule has 0 bridgehead atoms. The molecular formula is C48H40N4O4. The minimum atomic E-state index is -1.36. The summed E-state index contributed by atoms with van der Waals surface area (Å²) in [5, 5.41) is 0. The van der Waals surface area contributed by atoms with Gasteiger partial charge in [0.2, 0.25) is 11.3 Å². The summed E-state index contributed by atoms with van der Waals surface area (Å²) in [5.41, 5.74) is 10.1. The van der Waals surface area contributed by atoms with Gasteiger partial charge in [-0.15, -0.1) is 0 Å². The molecule has 276 valence electrons. The number of ether oxygens (including phenoxy) is 4. The number of aryl methyl sites for hydroxylation is 2. The summed E-state index contributed by atoms with van der Waals surface area (Å²) in [5.74, 6) is 3.01. The SMILES string of the molecule is COc1ccc(C2=NC3(N=C2c2ccc(OC)cc2)c2cccc(C)c2-c2c(C)cccc2C32N=C(c3ccc(OC)cc3)C(c3ccc(OC)cc3)=N2)cc1. The third-order valence-corrected chi connectivity index (χ3v) is 11.0. The van der Waals surface area contributed by atoms with Gasteiger partial charge in [0, 0.05) is 33.4 Å². The van der Waals surface area contributed by atoms with Crippen molar-refractivity contribution in [3.8, 4) is 34.1 Å². The fourth-order valence-electron chi connectivity index (χ4n) is 8.22. The zero-order valence-electron chi connectivity index (χ0n) is 32.1. The van der Waals surface area contributed by atoms with E-state index >= 15 is 0 Å². The van der Waals surface area contributed by atoms with Crippen LogP contribution in [0.25, 0.3) is 11.1 Å². The molecule has 9 rings (SSSR count). The molecule has 8 nitrogen and oxygen atoms in total. The van der Waals surface area contributed by atoms with E-state index in [1.807, 2.05) is 97.1 Å². The van der Waals surface area contributed by atoms with Crippen LogP contribution in [0.2, 0.25) is 0 Å². The quantitative estimate of drug-likeness (QED) is 0.156. The smallest absolute Gasteiger partial charge is 0.227 e. The molecule has 0 saturated carbocycles. The Kier molecular flexibility index (Phi) is 8.42.